The fraction of sp³-hybridized carbons (Fsp3) is 0.333. The van der Waals surface area contributed by atoms with Gasteiger partial charge < -0.3 is 14.3 Å². The molecule has 2 aromatic rings. The van der Waals surface area contributed by atoms with Gasteiger partial charge >= 0.3 is 5.76 Å². The molecule has 0 saturated heterocycles. The molecule has 0 fully saturated rings. The summed E-state index contributed by atoms with van der Waals surface area (Å²) in [6, 6.07) is 5.80. The number of rotatable bonds is 5. The molecule has 19 heavy (non-hydrogen) atoms. The minimum Gasteiger partial charge on any atom is -0.390 e. The first-order chi connectivity index (χ1) is 9.11. The average molecular weight is 268 g/mol. The van der Waals surface area contributed by atoms with Crippen molar-refractivity contribution < 1.29 is 18.7 Å². The molecule has 0 spiro atoms. The summed E-state index contributed by atoms with van der Waals surface area (Å²) in [7, 11) is 1.44. The van der Waals surface area contributed by atoms with Crippen LogP contribution in [-0.4, -0.2) is 22.0 Å². The number of aromatic nitrogens is 2. The largest absolute Gasteiger partial charge is 0.437 e. The lowest BCUT2D eigenvalue weighted by Crippen LogP contribution is -2.20. The Morgan fingerprint density at radius 2 is 2.26 bits per heavy atom. The highest BCUT2D eigenvalue weighted by molar-refractivity contribution is 5.19. The van der Waals surface area contributed by atoms with E-state index in [4.69, 9.17) is 9.15 Å². The van der Waals surface area contributed by atoms with E-state index < -0.39 is 17.7 Å². The van der Waals surface area contributed by atoms with E-state index in [2.05, 4.69) is 5.10 Å². The summed E-state index contributed by atoms with van der Waals surface area (Å²) in [5.74, 6) is -1.15. The minimum absolute atomic E-state index is 0.0536. The third-order valence-corrected chi connectivity index (χ3v) is 2.53. The molecule has 0 bridgehead atoms. The highest BCUT2D eigenvalue weighted by Gasteiger charge is 2.16. The molecule has 1 N–H and O–H groups in total. The molecular weight excluding hydrogens is 255 g/mol. The van der Waals surface area contributed by atoms with Crippen LogP contribution in [0.25, 0.3) is 0 Å². The van der Waals surface area contributed by atoms with Crippen molar-refractivity contribution >= 4 is 0 Å². The summed E-state index contributed by atoms with van der Waals surface area (Å²) < 4.78 is 24.0. The van der Waals surface area contributed by atoms with Gasteiger partial charge in [0.1, 0.15) is 18.5 Å². The standard InChI is InChI=1S/C12H13FN2O4/c1-18-7-11-14-15(12(17)19-11)6-10(16)8-4-2-3-5-9(8)13/h2-5,10,16H,6-7H2,1H3. The van der Waals surface area contributed by atoms with Gasteiger partial charge in [-0.05, 0) is 6.07 Å². The molecule has 102 valence electrons. The zero-order chi connectivity index (χ0) is 13.8. The monoisotopic (exact) mass is 268 g/mol. The molecule has 0 aliphatic heterocycles. The number of hydrogen-bond acceptors (Lipinski definition) is 5. The zero-order valence-electron chi connectivity index (χ0n) is 10.2. The Hall–Kier alpha value is -1.99. The molecule has 0 radical (unpaired) electrons. The van der Waals surface area contributed by atoms with Gasteiger partial charge in [-0.2, -0.15) is 4.68 Å². The average Bonchev–Trinajstić information content (AvgIpc) is 2.70. The number of hydrogen-bond donors (Lipinski definition) is 1. The molecule has 1 heterocycles. The first kappa shape index (κ1) is 13.4. The lowest BCUT2D eigenvalue weighted by Gasteiger charge is -2.10. The Labute approximate surface area is 108 Å². The summed E-state index contributed by atoms with van der Waals surface area (Å²) in [6.45, 7) is -0.134. The zero-order valence-corrected chi connectivity index (χ0v) is 10.2. The van der Waals surface area contributed by atoms with Crippen molar-refractivity contribution in [1.29, 1.82) is 0 Å². The van der Waals surface area contributed by atoms with Crippen molar-refractivity contribution in [1.82, 2.24) is 9.78 Å². The van der Waals surface area contributed by atoms with Crippen LogP contribution in [-0.2, 0) is 17.9 Å². The Morgan fingerprint density at radius 3 is 2.95 bits per heavy atom. The topological polar surface area (TPSA) is 77.5 Å². The number of aliphatic hydroxyl groups excluding tert-OH is 1. The maximum absolute atomic E-state index is 13.5. The Morgan fingerprint density at radius 1 is 1.53 bits per heavy atom. The Balaban J connectivity index is 2.17. The summed E-state index contributed by atoms with van der Waals surface area (Å²) in [4.78, 5) is 11.4. The molecule has 1 atom stereocenters. The van der Waals surface area contributed by atoms with Crippen molar-refractivity contribution in [3.05, 3.63) is 52.1 Å². The number of methoxy groups -OCH3 is 1. The molecule has 0 aliphatic carbocycles. The van der Waals surface area contributed by atoms with Gasteiger partial charge in [-0.25, -0.2) is 9.18 Å². The number of ether oxygens (including phenoxy) is 1. The Kier molecular flexibility index (Phi) is 4.08. The smallest absolute Gasteiger partial charge is 0.390 e. The van der Waals surface area contributed by atoms with Gasteiger partial charge in [0.2, 0.25) is 5.89 Å². The highest BCUT2D eigenvalue weighted by Crippen LogP contribution is 2.17. The van der Waals surface area contributed by atoms with Crippen molar-refractivity contribution in [3.8, 4) is 0 Å². The van der Waals surface area contributed by atoms with Gasteiger partial charge in [-0.3, -0.25) is 0 Å². The van der Waals surface area contributed by atoms with Crippen LogP contribution >= 0.6 is 0 Å². The summed E-state index contributed by atoms with van der Waals surface area (Å²) >= 11 is 0. The van der Waals surface area contributed by atoms with E-state index >= 15 is 0 Å². The van der Waals surface area contributed by atoms with Crippen molar-refractivity contribution in [2.75, 3.05) is 7.11 Å². The highest BCUT2D eigenvalue weighted by atomic mass is 19.1. The molecule has 0 aliphatic rings. The first-order valence-corrected chi connectivity index (χ1v) is 5.60. The second-order valence-corrected chi connectivity index (χ2v) is 3.91. The predicted octanol–water partition coefficient (Wildman–Crippen LogP) is 0.855. The van der Waals surface area contributed by atoms with Crippen LogP contribution in [0.15, 0.2) is 33.5 Å². The normalized spacial score (nSPS) is 12.6. The summed E-state index contributed by atoms with van der Waals surface area (Å²) in [5, 5.41) is 13.7. The molecule has 7 heteroatoms. The SMILES string of the molecule is COCc1nn(CC(O)c2ccccc2F)c(=O)o1. The first-order valence-electron chi connectivity index (χ1n) is 5.60. The quantitative estimate of drug-likeness (QED) is 0.870. The molecule has 6 nitrogen and oxygen atoms in total. The van der Waals surface area contributed by atoms with Gasteiger partial charge in [-0.15, -0.1) is 5.10 Å². The third kappa shape index (κ3) is 3.07. The summed E-state index contributed by atoms with van der Waals surface area (Å²) in [5.41, 5.74) is 0.102. The lowest BCUT2D eigenvalue weighted by atomic mass is 10.1. The fourth-order valence-electron chi connectivity index (χ4n) is 1.65. The van der Waals surface area contributed by atoms with Gasteiger partial charge in [0, 0.05) is 12.7 Å². The molecule has 0 amide bonds. The molecule has 1 aromatic heterocycles. The van der Waals surface area contributed by atoms with Crippen LogP contribution in [0.5, 0.6) is 0 Å². The minimum atomic E-state index is -1.18. The maximum atomic E-state index is 13.5. The van der Waals surface area contributed by atoms with Crippen LogP contribution in [0.2, 0.25) is 0 Å². The van der Waals surface area contributed by atoms with Gasteiger partial charge in [0.05, 0.1) is 6.54 Å². The number of benzene rings is 1. The van der Waals surface area contributed by atoms with Crippen molar-refractivity contribution in [2.45, 2.75) is 19.3 Å². The van der Waals surface area contributed by atoms with Crippen LogP contribution in [0, 0.1) is 5.82 Å². The van der Waals surface area contributed by atoms with E-state index in [1.54, 1.807) is 6.07 Å². The lowest BCUT2D eigenvalue weighted by molar-refractivity contribution is 0.144. The molecule has 1 unspecified atom stereocenters. The maximum Gasteiger partial charge on any atom is 0.437 e. The number of nitrogens with zero attached hydrogens (tertiary/aromatic N) is 2. The van der Waals surface area contributed by atoms with Crippen LogP contribution in [0.1, 0.15) is 17.6 Å². The molecule has 2 rings (SSSR count). The molecular formula is C12H13FN2O4. The Bertz CT molecular complexity index is 608. The number of aliphatic hydroxyl groups is 1. The van der Waals surface area contributed by atoms with E-state index in [9.17, 15) is 14.3 Å². The number of halogens is 1. The summed E-state index contributed by atoms with van der Waals surface area (Å²) in [6.07, 6.45) is -1.18. The molecule has 0 saturated carbocycles. The predicted molar refractivity (Wildman–Crippen MR) is 62.8 cm³/mol. The van der Waals surface area contributed by atoms with E-state index in [1.807, 2.05) is 0 Å². The third-order valence-electron chi connectivity index (χ3n) is 2.53. The van der Waals surface area contributed by atoms with Gasteiger partial charge in [0.15, 0.2) is 0 Å². The van der Waals surface area contributed by atoms with Gasteiger partial charge in [-0.1, -0.05) is 18.2 Å². The van der Waals surface area contributed by atoms with Crippen molar-refractivity contribution in [3.63, 3.8) is 0 Å². The van der Waals surface area contributed by atoms with Crippen LogP contribution in [0.4, 0.5) is 4.39 Å². The van der Waals surface area contributed by atoms with E-state index in [-0.39, 0.29) is 24.6 Å². The van der Waals surface area contributed by atoms with E-state index in [1.165, 1.54) is 25.3 Å². The second kappa shape index (κ2) is 5.77. The van der Waals surface area contributed by atoms with Gasteiger partial charge in [0.25, 0.3) is 0 Å². The molecule has 1 aromatic carbocycles. The van der Waals surface area contributed by atoms with Crippen molar-refractivity contribution in [2.24, 2.45) is 0 Å². The van der Waals surface area contributed by atoms with E-state index in [0.717, 1.165) is 4.68 Å². The van der Waals surface area contributed by atoms with Crippen LogP contribution in [0.3, 0.4) is 0 Å². The fourth-order valence-corrected chi connectivity index (χ4v) is 1.65. The van der Waals surface area contributed by atoms with E-state index in [0.29, 0.717) is 0 Å². The van der Waals surface area contributed by atoms with Crippen LogP contribution < -0.4 is 5.76 Å². The second-order valence-electron chi connectivity index (χ2n) is 3.91.